The van der Waals surface area contributed by atoms with Crippen LogP contribution in [0.25, 0.3) is 0 Å². The second kappa shape index (κ2) is 8.60. The normalized spacial score (nSPS) is 35.0. The zero-order valence-corrected chi connectivity index (χ0v) is 17.5. The highest BCUT2D eigenvalue weighted by molar-refractivity contribution is 5.78. The summed E-state index contributed by atoms with van der Waals surface area (Å²) in [5.41, 5.74) is 0.0353. The van der Waals surface area contributed by atoms with Gasteiger partial charge in [-0.3, -0.25) is 4.79 Å². The molecule has 3 N–H and O–H groups in total. The molecule has 0 radical (unpaired) electrons. The van der Waals surface area contributed by atoms with Crippen molar-refractivity contribution in [1.82, 2.24) is 20.9 Å². The molecule has 3 amide bonds. The molecule has 1 heterocycles. The fourth-order valence-corrected chi connectivity index (χ4v) is 6.76. The summed E-state index contributed by atoms with van der Waals surface area (Å²) < 4.78 is 0. The monoisotopic (exact) mass is 390 g/mol. The maximum Gasteiger partial charge on any atom is 0.315 e. The van der Waals surface area contributed by atoms with Crippen molar-refractivity contribution in [2.24, 2.45) is 17.8 Å². The molecule has 6 nitrogen and oxygen atoms in total. The molecule has 0 aromatic heterocycles. The highest BCUT2D eigenvalue weighted by Gasteiger charge is 2.51. The van der Waals surface area contributed by atoms with E-state index in [2.05, 4.69) is 27.8 Å². The second-order valence-corrected chi connectivity index (χ2v) is 10.0. The van der Waals surface area contributed by atoms with Crippen LogP contribution in [0.15, 0.2) is 0 Å². The summed E-state index contributed by atoms with van der Waals surface area (Å²) in [7, 11) is 0. The first-order chi connectivity index (χ1) is 13.5. The lowest BCUT2D eigenvalue weighted by Crippen LogP contribution is -2.61. The van der Waals surface area contributed by atoms with Crippen LogP contribution in [-0.2, 0) is 4.79 Å². The Morgan fingerprint density at radius 1 is 1.00 bits per heavy atom. The molecule has 1 aliphatic heterocycles. The van der Waals surface area contributed by atoms with Gasteiger partial charge in [0.1, 0.15) is 0 Å². The number of carbonyl (C=O) groups is 2. The summed E-state index contributed by atoms with van der Waals surface area (Å²) in [6.45, 7) is 5.93. The summed E-state index contributed by atoms with van der Waals surface area (Å²) >= 11 is 0. The van der Waals surface area contributed by atoms with Gasteiger partial charge in [-0.1, -0.05) is 6.92 Å². The number of rotatable bonds is 7. The topological polar surface area (TPSA) is 73.5 Å². The Bertz CT molecular complexity index is 536. The van der Waals surface area contributed by atoms with Gasteiger partial charge < -0.3 is 20.9 Å². The molecule has 4 aliphatic carbocycles. The van der Waals surface area contributed by atoms with Crippen molar-refractivity contribution in [2.45, 2.75) is 82.7 Å². The van der Waals surface area contributed by atoms with Crippen LogP contribution in [0.3, 0.4) is 0 Å². The van der Waals surface area contributed by atoms with E-state index in [0.717, 1.165) is 69.5 Å². The summed E-state index contributed by atoms with van der Waals surface area (Å²) in [5, 5.41) is 9.38. The Morgan fingerprint density at radius 3 is 2.18 bits per heavy atom. The summed E-state index contributed by atoms with van der Waals surface area (Å²) in [6, 6.07) is 0.212. The van der Waals surface area contributed by atoms with Crippen LogP contribution in [0, 0.1) is 17.8 Å². The molecule has 0 atom stereocenters. The van der Waals surface area contributed by atoms with E-state index in [1.54, 1.807) is 0 Å². The molecular formula is C22H38N4O2. The average molecular weight is 391 g/mol. The quantitative estimate of drug-likeness (QED) is 0.626. The second-order valence-electron chi connectivity index (χ2n) is 10.0. The number of piperidine rings is 1. The van der Waals surface area contributed by atoms with E-state index in [4.69, 9.17) is 0 Å². The van der Waals surface area contributed by atoms with Crippen molar-refractivity contribution >= 4 is 11.9 Å². The van der Waals surface area contributed by atoms with Crippen molar-refractivity contribution in [3.8, 4) is 0 Å². The van der Waals surface area contributed by atoms with E-state index in [-0.39, 0.29) is 17.5 Å². The van der Waals surface area contributed by atoms with Crippen LogP contribution in [0.2, 0.25) is 0 Å². The third kappa shape index (κ3) is 4.81. The van der Waals surface area contributed by atoms with E-state index in [0.29, 0.717) is 19.0 Å². The minimum absolute atomic E-state index is 0.0353. The summed E-state index contributed by atoms with van der Waals surface area (Å²) in [6.07, 6.45) is 11.2. The van der Waals surface area contributed by atoms with Crippen LogP contribution < -0.4 is 16.0 Å². The lowest BCUT2D eigenvalue weighted by atomic mass is 9.53. The number of hydrogen-bond acceptors (Lipinski definition) is 3. The Labute approximate surface area is 169 Å². The SMILES string of the molecule is CCCN1CCC(NC(=O)CCNC(=O)NC23CC4CC(CC(C4)C2)C3)CC1. The largest absolute Gasteiger partial charge is 0.353 e. The van der Waals surface area contributed by atoms with Gasteiger partial charge in [-0.2, -0.15) is 0 Å². The van der Waals surface area contributed by atoms with E-state index in [9.17, 15) is 9.59 Å². The Morgan fingerprint density at radius 2 is 1.61 bits per heavy atom. The van der Waals surface area contributed by atoms with E-state index >= 15 is 0 Å². The van der Waals surface area contributed by atoms with Gasteiger partial charge in [-0.15, -0.1) is 0 Å². The number of nitrogens with one attached hydrogen (secondary N) is 3. The van der Waals surface area contributed by atoms with Gasteiger partial charge >= 0.3 is 6.03 Å². The Kier molecular flexibility index (Phi) is 6.14. The van der Waals surface area contributed by atoms with Gasteiger partial charge in [0.25, 0.3) is 0 Å². The van der Waals surface area contributed by atoms with Crippen molar-refractivity contribution in [3.05, 3.63) is 0 Å². The molecule has 4 bridgehead atoms. The standard InChI is InChI=1S/C22H38N4O2/c1-2-7-26-8-4-19(5-9-26)24-20(27)3-6-23-21(28)25-22-13-16-10-17(14-22)12-18(11-16)15-22/h16-19H,2-15H2,1H3,(H,24,27)(H2,23,25,28). The molecule has 5 aliphatic rings. The molecule has 6 heteroatoms. The van der Waals surface area contributed by atoms with Gasteiger partial charge in [0, 0.05) is 37.6 Å². The highest BCUT2D eigenvalue weighted by Crippen LogP contribution is 2.55. The Balaban J connectivity index is 1.13. The zero-order valence-electron chi connectivity index (χ0n) is 17.5. The minimum atomic E-state index is -0.0809. The number of amides is 3. The molecule has 5 rings (SSSR count). The van der Waals surface area contributed by atoms with Gasteiger partial charge in [-0.25, -0.2) is 4.79 Å². The maximum atomic E-state index is 12.4. The van der Waals surface area contributed by atoms with Crippen LogP contribution in [0.5, 0.6) is 0 Å². The number of urea groups is 1. The molecule has 28 heavy (non-hydrogen) atoms. The fraction of sp³-hybridized carbons (Fsp3) is 0.909. The molecule has 0 aromatic carbocycles. The lowest BCUT2D eigenvalue weighted by molar-refractivity contribution is -0.121. The molecule has 0 unspecified atom stereocenters. The van der Waals surface area contributed by atoms with E-state index in [1.165, 1.54) is 25.7 Å². The highest BCUT2D eigenvalue weighted by atomic mass is 16.2. The third-order valence-corrected chi connectivity index (χ3v) is 7.55. The molecule has 0 spiro atoms. The average Bonchev–Trinajstić information content (AvgIpc) is 2.62. The number of likely N-dealkylation sites (tertiary alicyclic amines) is 1. The van der Waals surface area contributed by atoms with Crippen molar-refractivity contribution in [3.63, 3.8) is 0 Å². The predicted molar refractivity (Wildman–Crippen MR) is 110 cm³/mol. The first-order valence-corrected chi connectivity index (χ1v) is 11.6. The van der Waals surface area contributed by atoms with Crippen LogP contribution >= 0.6 is 0 Å². The third-order valence-electron chi connectivity index (χ3n) is 7.55. The first kappa shape index (κ1) is 20.0. The maximum absolute atomic E-state index is 12.4. The van der Waals surface area contributed by atoms with Gasteiger partial charge in [0.05, 0.1) is 0 Å². The summed E-state index contributed by atoms with van der Waals surface area (Å²) in [5.74, 6) is 2.52. The van der Waals surface area contributed by atoms with Crippen molar-refractivity contribution in [1.29, 1.82) is 0 Å². The predicted octanol–water partition coefficient (Wildman–Crippen LogP) is 2.64. The van der Waals surface area contributed by atoms with Gasteiger partial charge in [0.2, 0.25) is 5.91 Å². The number of carbonyl (C=O) groups excluding carboxylic acids is 2. The van der Waals surface area contributed by atoms with Gasteiger partial charge in [-0.05, 0) is 82.1 Å². The van der Waals surface area contributed by atoms with Crippen LogP contribution in [0.4, 0.5) is 4.79 Å². The van der Waals surface area contributed by atoms with E-state index in [1.807, 2.05) is 0 Å². The molecule has 0 aromatic rings. The van der Waals surface area contributed by atoms with Crippen molar-refractivity contribution < 1.29 is 9.59 Å². The van der Waals surface area contributed by atoms with Gasteiger partial charge in [0.15, 0.2) is 0 Å². The Hall–Kier alpha value is -1.30. The lowest BCUT2D eigenvalue weighted by Gasteiger charge is -2.56. The van der Waals surface area contributed by atoms with E-state index < -0.39 is 0 Å². The fourth-order valence-electron chi connectivity index (χ4n) is 6.76. The molecule has 4 saturated carbocycles. The molecule has 5 fully saturated rings. The zero-order chi connectivity index (χ0) is 19.6. The van der Waals surface area contributed by atoms with Crippen LogP contribution in [-0.4, -0.2) is 54.6 Å². The minimum Gasteiger partial charge on any atom is -0.353 e. The van der Waals surface area contributed by atoms with Crippen molar-refractivity contribution in [2.75, 3.05) is 26.2 Å². The number of hydrogen-bond donors (Lipinski definition) is 3. The smallest absolute Gasteiger partial charge is 0.315 e. The molecule has 1 saturated heterocycles. The molecular weight excluding hydrogens is 352 g/mol. The number of nitrogens with zero attached hydrogens (tertiary/aromatic N) is 1. The first-order valence-electron chi connectivity index (χ1n) is 11.6. The molecule has 158 valence electrons. The van der Waals surface area contributed by atoms with Crippen LogP contribution in [0.1, 0.15) is 71.1 Å². The summed E-state index contributed by atoms with van der Waals surface area (Å²) in [4.78, 5) is 27.1.